The van der Waals surface area contributed by atoms with Crippen molar-refractivity contribution in [1.82, 2.24) is 15.2 Å². The van der Waals surface area contributed by atoms with Gasteiger partial charge in [-0.15, -0.1) is 5.10 Å². The minimum Gasteiger partial charge on any atom is -0.395 e. The molecule has 0 saturated carbocycles. The molecule has 1 heterocycles. The molecular formula is C21H26N4O2. The fourth-order valence-corrected chi connectivity index (χ4v) is 2.87. The Morgan fingerprint density at radius 2 is 1.74 bits per heavy atom. The number of benzene rings is 2. The SMILES string of the molecule is Cc1ccc(NC(=O)CCCCCCCOn2nnc3ccccc32)cc1. The van der Waals surface area contributed by atoms with Crippen LogP contribution in [0.5, 0.6) is 0 Å². The van der Waals surface area contributed by atoms with Crippen molar-refractivity contribution in [2.75, 3.05) is 11.9 Å². The molecule has 0 fully saturated rings. The molecule has 1 N–H and O–H groups in total. The molecule has 0 unspecified atom stereocenters. The molecule has 2 aromatic carbocycles. The number of hydrogen-bond donors (Lipinski definition) is 1. The zero-order valence-corrected chi connectivity index (χ0v) is 15.7. The highest BCUT2D eigenvalue weighted by atomic mass is 16.7. The third-order valence-corrected chi connectivity index (χ3v) is 4.42. The van der Waals surface area contributed by atoms with Crippen LogP contribution in [0.25, 0.3) is 11.0 Å². The molecule has 1 aromatic heterocycles. The molecule has 27 heavy (non-hydrogen) atoms. The van der Waals surface area contributed by atoms with E-state index in [2.05, 4.69) is 15.6 Å². The van der Waals surface area contributed by atoms with Gasteiger partial charge in [0.1, 0.15) is 17.6 Å². The molecule has 3 aromatic rings. The molecule has 6 heteroatoms. The highest BCUT2D eigenvalue weighted by Gasteiger charge is 2.04. The molecule has 1 amide bonds. The first-order valence-corrected chi connectivity index (χ1v) is 9.52. The number of hydrogen-bond acceptors (Lipinski definition) is 4. The van der Waals surface area contributed by atoms with Crippen molar-refractivity contribution in [1.29, 1.82) is 0 Å². The predicted octanol–water partition coefficient (Wildman–Crippen LogP) is 4.15. The summed E-state index contributed by atoms with van der Waals surface area (Å²) >= 11 is 0. The summed E-state index contributed by atoms with van der Waals surface area (Å²) in [6.07, 6.45) is 5.66. The monoisotopic (exact) mass is 366 g/mol. The second-order valence-corrected chi connectivity index (χ2v) is 6.72. The van der Waals surface area contributed by atoms with Gasteiger partial charge in [0.25, 0.3) is 0 Å². The fraction of sp³-hybridized carbons (Fsp3) is 0.381. The molecule has 0 aliphatic rings. The van der Waals surface area contributed by atoms with Gasteiger partial charge in [0.15, 0.2) is 0 Å². The van der Waals surface area contributed by atoms with E-state index >= 15 is 0 Å². The van der Waals surface area contributed by atoms with Gasteiger partial charge in [0.2, 0.25) is 5.91 Å². The molecule has 142 valence electrons. The van der Waals surface area contributed by atoms with Crippen LogP contribution in [0.3, 0.4) is 0 Å². The third kappa shape index (κ3) is 5.81. The van der Waals surface area contributed by atoms with Gasteiger partial charge in [-0.2, -0.15) is 0 Å². The van der Waals surface area contributed by atoms with E-state index in [1.165, 1.54) is 10.4 Å². The molecule has 6 nitrogen and oxygen atoms in total. The van der Waals surface area contributed by atoms with Crippen molar-refractivity contribution in [3.63, 3.8) is 0 Å². The number of rotatable bonds is 10. The molecule has 0 saturated heterocycles. The molecule has 0 aliphatic carbocycles. The number of unbranched alkanes of at least 4 members (excludes halogenated alkanes) is 4. The summed E-state index contributed by atoms with van der Waals surface area (Å²) in [5.74, 6) is 0.0836. The zero-order chi connectivity index (χ0) is 18.9. The first kappa shape index (κ1) is 18.9. The van der Waals surface area contributed by atoms with Gasteiger partial charge in [0.05, 0.1) is 0 Å². The molecule has 3 rings (SSSR count). The largest absolute Gasteiger partial charge is 0.395 e. The van der Waals surface area contributed by atoms with Gasteiger partial charge in [-0.1, -0.05) is 47.5 Å². The normalized spacial score (nSPS) is 10.9. The zero-order valence-electron chi connectivity index (χ0n) is 15.7. The van der Waals surface area contributed by atoms with Gasteiger partial charge in [-0.25, -0.2) is 0 Å². The number of aryl methyl sites for hydroxylation is 1. The summed E-state index contributed by atoms with van der Waals surface area (Å²) in [5.41, 5.74) is 3.77. The number of fused-ring (bicyclic) bond motifs is 1. The van der Waals surface area contributed by atoms with Crippen LogP contribution in [0, 0.1) is 6.92 Å². The molecular weight excluding hydrogens is 340 g/mol. The minimum absolute atomic E-state index is 0.0836. The smallest absolute Gasteiger partial charge is 0.224 e. The van der Waals surface area contributed by atoms with Crippen molar-refractivity contribution in [2.45, 2.75) is 45.4 Å². The van der Waals surface area contributed by atoms with E-state index in [0.29, 0.717) is 13.0 Å². The van der Waals surface area contributed by atoms with Gasteiger partial charge in [0, 0.05) is 12.1 Å². The summed E-state index contributed by atoms with van der Waals surface area (Å²) in [7, 11) is 0. The predicted molar refractivity (Wildman–Crippen MR) is 106 cm³/mol. The first-order valence-electron chi connectivity index (χ1n) is 9.52. The number of aromatic nitrogens is 3. The lowest BCUT2D eigenvalue weighted by molar-refractivity contribution is -0.116. The lowest BCUT2D eigenvalue weighted by Gasteiger charge is -2.06. The Hall–Kier alpha value is -2.89. The Labute approximate surface area is 159 Å². The Kier molecular flexibility index (Phi) is 6.79. The standard InChI is InChI=1S/C21H26N4O2/c1-17-12-14-18(15-13-17)22-21(26)11-5-3-2-4-8-16-27-25-20-10-7-6-9-19(20)23-24-25/h6-7,9-10,12-15H,2-5,8,11,16H2,1H3,(H,22,26). The summed E-state index contributed by atoms with van der Waals surface area (Å²) in [5, 5.41) is 11.0. The van der Waals surface area contributed by atoms with Crippen molar-refractivity contribution >= 4 is 22.6 Å². The van der Waals surface area contributed by atoms with Crippen LogP contribution >= 0.6 is 0 Å². The molecule has 0 spiro atoms. The van der Waals surface area contributed by atoms with Crippen molar-refractivity contribution < 1.29 is 9.63 Å². The maximum absolute atomic E-state index is 11.9. The molecule has 0 atom stereocenters. The maximum Gasteiger partial charge on any atom is 0.224 e. The lowest BCUT2D eigenvalue weighted by Crippen LogP contribution is -2.14. The fourth-order valence-electron chi connectivity index (χ4n) is 2.87. The minimum atomic E-state index is 0.0836. The van der Waals surface area contributed by atoms with Crippen LogP contribution in [-0.2, 0) is 4.79 Å². The van der Waals surface area contributed by atoms with Crippen LogP contribution in [0.1, 0.15) is 44.1 Å². The van der Waals surface area contributed by atoms with E-state index in [4.69, 9.17) is 4.84 Å². The highest BCUT2D eigenvalue weighted by molar-refractivity contribution is 5.90. The lowest BCUT2D eigenvalue weighted by atomic mass is 10.1. The van der Waals surface area contributed by atoms with Crippen molar-refractivity contribution in [3.8, 4) is 0 Å². The van der Waals surface area contributed by atoms with Gasteiger partial charge >= 0.3 is 0 Å². The number of nitrogens with one attached hydrogen (secondary N) is 1. The maximum atomic E-state index is 11.9. The van der Waals surface area contributed by atoms with E-state index in [0.717, 1.165) is 48.8 Å². The number of nitrogens with zero attached hydrogens (tertiary/aromatic N) is 3. The third-order valence-electron chi connectivity index (χ3n) is 4.42. The van der Waals surface area contributed by atoms with E-state index < -0.39 is 0 Å². The van der Waals surface area contributed by atoms with Crippen LogP contribution in [-0.4, -0.2) is 27.7 Å². The first-order chi connectivity index (χ1) is 13.2. The van der Waals surface area contributed by atoms with Gasteiger partial charge in [-0.05, 0) is 55.7 Å². The Morgan fingerprint density at radius 3 is 2.59 bits per heavy atom. The second-order valence-electron chi connectivity index (χ2n) is 6.72. The number of carbonyl (C=O) groups excluding carboxylic acids is 1. The Morgan fingerprint density at radius 1 is 1.00 bits per heavy atom. The van der Waals surface area contributed by atoms with Crippen LogP contribution < -0.4 is 10.2 Å². The average molecular weight is 366 g/mol. The van der Waals surface area contributed by atoms with Crippen LogP contribution in [0.2, 0.25) is 0 Å². The number of para-hydroxylation sites is 1. The molecule has 0 aliphatic heterocycles. The number of amides is 1. The number of carbonyl (C=O) groups is 1. The average Bonchev–Trinajstić information content (AvgIpc) is 3.09. The summed E-state index contributed by atoms with van der Waals surface area (Å²) in [4.78, 5) is 19.1. The Bertz CT molecular complexity index is 858. The summed E-state index contributed by atoms with van der Waals surface area (Å²) < 4.78 is 0. The van der Waals surface area contributed by atoms with E-state index in [-0.39, 0.29) is 5.91 Å². The van der Waals surface area contributed by atoms with Gasteiger partial charge in [-0.3, -0.25) is 4.79 Å². The molecule has 0 radical (unpaired) electrons. The van der Waals surface area contributed by atoms with Crippen molar-refractivity contribution in [3.05, 3.63) is 54.1 Å². The second kappa shape index (κ2) is 9.71. The van der Waals surface area contributed by atoms with E-state index in [1.807, 2.05) is 55.5 Å². The van der Waals surface area contributed by atoms with Crippen LogP contribution in [0.15, 0.2) is 48.5 Å². The summed E-state index contributed by atoms with van der Waals surface area (Å²) in [6.45, 7) is 2.64. The number of anilines is 1. The van der Waals surface area contributed by atoms with Crippen molar-refractivity contribution in [2.24, 2.45) is 0 Å². The van der Waals surface area contributed by atoms with E-state index in [9.17, 15) is 4.79 Å². The topological polar surface area (TPSA) is 69.0 Å². The van der Waals surface area contributed by atoms with E-state index in [1.54, 1.807) is 0 Å². The summed E-state index contributed by atoms with van der Waals surface area (Å²) in [6, 6.07) is 15.6. The molecule has 0 bridgehead atoms. The Balaban J connectivity index is 1.23. The quantitative estimate of drug-likeness (QED) is 0.547. The van der Waals surface area contributed by atoms with Crippen LogP contribution in [0.4, 0.5) is 5.69 Å². The highest BCUT2D eigenvalue weighted by Crippen LogP contribution is 2.11. The van der Waals surface area contributed by atoms with Gasteiger partial charge < -0.3 is 10.2 Å².